The van der Waals surface area contributed by atoms with E-state index in [9.17, 15) is 5.11 Å². The van der Waals surface area contributed by atoms with Crippen LogP contribution in [0.2, 0.25) is 5.02 Å². The summed E-state index contributed by atoms with van der Waals surface area (Å²) in [5.74, 6) is 1.23. The van der Waals surface area contributed by atoms with Crippen LogP contribution in [0.25, 0.3) is 11.5 Å². The summed E-state index contributed by atoms with van der Waals surface area (Å²) >= 11 is 5.93. The fourth-order valence-corrected chi connectivity index (χ4v) is 3.26. The topological polar surface area (TPSA) is 68.4 Å². The number of phenols is 1. The summed E-state index contributed by atoms with van der Waals surface area (Å²) in [4.78, 5) is 4.41. The third-order valence-electron chi connectivity index (χ3n) is 4.07. The Bertz CT molecular complexity index is 658. The van der Waals surface area contributed by atoms with E-state index in [1.165, 1.54) is 6.07 Å². The highest BCUT2D eigenvalue weighted by Gasteiger charge is 2.43. The predicted octanol–water partition coefficient (Wildman–Crippen LogP) is 3.13. The summed E-state index contributed by atoms with van der Waals surface area (Å²) in [5, 5.41) is 14.4. The minimum atomic E-state index is 0.0776. The molecule has 104 valence electrons. The van der Waals surface area contributed by atoms with E-state index >= 15 is 0 Å². The van der Waals surface area contributed by atoms with Crippen molar-refractivity contribution in [1.29, 1.82) is 0 Å². The third-order valence-corrected chi connectivity index (χ3v) is 4.30. The Morgan fingerprint density at radius 3 is 2.95 bits per heavy atom. The normalized spacial score (nSPS) is 28.1. The molecule has 3 heterocycles. The second kappa shape index (κ2) is 4.46. The molecule has 0 amide bonds. The van der Waals surface area contributed by atoms with E-state index in [-0.39, 0.29) is 17.8 Å². The van der Waals surface area contributed by atoms with Crippen LogP contribution in [0.3, 0.4) is 0 Å². The molecule has 5 nitrogen and oxygen atoms in total. The lowest BCUT2D eigenvalue weighted by molar-refractivity contribution is 0.0996. The molecule has 2 fully saturated rings. The van der Waals surface area contributed by atoms with Crippen LogP contribution in [-0.2, 0) is 4.74 Å². The number of halogens is 1. The van der Waals surface area contributed by atoms with Crippen LogP contribution >= 0.6 is 11.6 Å². The number of ether oxygens (including phenoxy) is 1. The smallest absolute Gasteiger partial charge is 0.261 e. The van der Waals surface area contributed by atoms with Crippen molar-refractivity contribution in [1.82, 2.24) is 10.1 Å². The molecule has 1 aromatic heterocycles. The largest absolute Gasteiger partial charge is 0.507 e. The first-order valence-electron chi connectivity index (χ1n) is 6.68. The van der Waals surface area contributed by atoms with Gasteiger partial charge in [0.1, 0.15) is 5.75 Å². The average Bonchev–Trinajstić information content (AvgIpc) is 3.15. The third kappa shape index (κ3) is 1.89. The van der Waals surface area contributed by atoms with Gasteiger partial charge in [0.05, 0.1) is 23.7 Å². The van der Waals surface area contributed by atoms with Crippen LogP contribution in [0, 0.1) is 0 Å². The second-order valence-electron chi connectivity index (χ2n) is 5.34. The number of benzene rings is 1. The lowest BCUT2D eigenvalue weighted by Crippen LogP contribution is -2.15. The molecule has 0 aliphatic carbocycles. The summed E-state index contributed by atoms with van der Waals surface area (Å²) in [6.07, 6.45) is 3.68. The Balaban J connectivity index is 1.66. The van der Waals surface area contributed by atoms with Gasteiger partial charge in [-0.2, -0.15) is 4.98 Å². The number of hydrogen-bond acceptors (Lipinski definition) is 5. The van der Waals surface area contributed by atoms with E-state index in [1.807, 2.05) is 0 Å². The standard InChI is InChI=1S/C14H13ClN2O3/c15-7-1-3-11(18)9(5-7)14-16-13(17-20-14)10-6-8-2-4-12(10)19-8/h1,3,5,8,10,12,18H,2,4,6H2. The molecule has 0 saturated carbocycles. The lowest BCUT2D eigenvalue weighted by atomic mass is 9.89. The first-order valence-corrected chi connectivity index (χ1v) is 7.06. The molecule has 0 spiro atoms. The van der Waals surface area contributed by atoms with E-state index < -0.39 is 0 Å². The van der Waals surface area contributed by atoms with Crippen molar-refractivity contribution in [2.24, 2.45) is 0 Å². The molecule has 2 saturated heterocycles. The highest BCUT2D eigenvalue weighted by Crippen LogP contribution is 2.44. The van der Waals surface area contributed by atoms with Crippen molar-refractivity contribution in [2.45, 2.75) is 37.4 Å². The molecular weight excluding hydrogens is 280 g/mol. The van der Waals surface area contributed by atoms with Gasteiger partial charge in [-0.1, -0.05) is 16.8 Å². The molecule has 3 atom stereocenters. The molecule has 1 aromatic carbocycles. The number of aromatic hydroxyl groups is 1. The minimum absolute atomic E-state index is 0.0776. The Kier molecular flexibility index (Phi) is 2.72. The molecular formula is C14H13ClN2O3. The second-order valence-corrected chi connectivity index (χ2v) is 5.77. The number of aromatic nitrogens is 2. The van der Waals surface area contributed by atoms with Crippen LogP contribution in [0.4, 0.5) is 0 Å². The van der Waals surface area contributed by atoms with E-state index in [1.54, 1.807) is 12.1 Å². The molecule has 0 radical (unpaired) electrons. The zero-order valence-corrected chi connectivity index (χ0v) is 11.4. The SMILES string of the molecule is Oc1ccc(Cl)cc1-c1nc(C2CC3CCC2O3)no1. The summed E-state index contributed by atoms with van der Waals surface area (Å²) in [6.45, 7) is 0. The van der Waals surface area contributed by atoms with Gasteiger partial charge in [0.25, 0.3) is 5.89 Å². The molecule has 20 heavy (non-hydrogen) atoms. The maximum absolute atomic E-state index is 9.86. The summed E-state index contributed by atoms with van der Waals surface area (Å²) in [5.41, 5.74) is 0.459. The highest BCUT2D eigenvalue weighted by atomic mass is 35.5. The fourth-order valence-electron chi connectivity index (χ4n) is 3.08. The van der Waals surface area contributed by atoms with Crippen molar-refractivity contribution >= 4 is 11.6 Å². The van der Waals surface area contributed by atoms with Gasteiger partial charge >= 0.3 is 0 Å². The monoisotopic (exact) mass is 292 g/mol. The molecule has 4 rings (SSSR count). The van der Waals surface area contributed by atoms with E-state index in [4.69, 9.17) is 20.9 Å². The zero-order valence-electron chi connectivity index (χ0n) is 10.6. The lowest BCUT2D eigenvalue weighted by Gasteiger charge is -2.13. The Labute approximate surface area is 120 Å². The van der Waals surface area contributed by atoms with Gasteiger partial charge in [-0.05, 0) is 37.5 Å². The Hall–Kier alpha value is -1.59. The molecule has 1 N–H and O–H groups in total. The summed E-state index contributed by atoms with van der Waals surface area (Å²) in [7, 11) is 0. The van der Waals surface area contributed by atoms with Gasteiger partial charge in [-0.3, -0.25) is 0 Å². The molecule has 6 heteroatoms. The van der Waals surface area contributed by atoms with Gasteiger partial charge in [0.15, 0.2) is 5.82 Å². The Morgan fingerprint density at radius 1 is 1.30 bits per heavy atom. The van der Waals surface area contributed by atoms with Crippen molar-refractivity contribution < 1.29 is 14.4 Å². The van der Waals surface area contributed by atoms with Crippen LogP contribution < -0.4 is 0 Å². The van der Waals surface area contributed by atoms with E-state index in [0.717, 1.165) is 19.3 Å². The molecule has 2 aromatic rings. The number of hydrogen-bond donors (Lipinski definition) is 1. The number of phenolic OH excluding ortho intramolecular Hbond substituents is 1. The maximum Gasteiger partial charge on any atom is 0.261 e. The summed E-state index contributed by atoms with van der Waals surface area (Å²) < 4.78 is 11.1. The fraction of sp³-hybridized carbons (Fsp3) is 0.429. The maximum atomic E-state index is 9.86. The minimum Gasteiger partial charge on any atom is -0.507 e. The van der Waals surface area contributed by atoms with E-state index in [2.05, 4.69) is 10.1 Å². The van der Waals surface area contributed by atoms with Crippen LogP contribution in [0.1, 0.15) is 31.0 Å². The first kappa shape index (κ1) is 12.2. The van der Waals surface area contributed by atoms with Crippen molar-refractivity contribution in [3.05, 3.63) is 29.0 Å². The van der Waals surface area contributed by atoms with Gasteiger partial charge in [0, 0.05) is 5.02 Å². The van der Waals surface area contributed by atoms with Crippen molar-refractivity contribution in [2.75, 3.05) is 0 Å². The molecule has 2 aliphatic heterocycles. The van der Waals surface area contributed by atoms with Gasteiger partial charge in [0.2, 0.25) is 0 Å². The predicted molar refractivity (Wildman–Crippen MR) is 71.7 cm³/mol. The summed E-state index contributed by atoms with van der Waals surface area (Å²) in [6, 6.07) is 4.75. The van der Waals surface area contributed by atoms with Gasteiger partial charge < -0.3 is 14.4 Å². The molecule has 3 unspecified atom stereocenters. The number of fused-ring (bicyclic) bond motifs is 2. The van der Waals surface area contributed by atoms with Gasteiger partial charge in [-0.25, -0.2) is 0 Å². The average molecular weight is 293 g/mol. The zero-order chi connectivity index (χ0) is 13.7. The van der Waals surface area contributed by atoms with Crippen LogP contribution in [0.15, 0.2) is 22.7 Å². The molecule has 2 aliphatic rings. The molecule has 2 bridgehead atoms. The van der Waals surface area contributed by atoms with E-state index in [0.29, 0.717) is 28.4 Å². The van der Waals surface area contributed by atoms with Crippen LogP contribution in [-0.4, -0.2) is 27.5 Å². The number of nitrogens with zero attached hydrogens (tertiary/aromatic N) is 2. The first-order chi connectivity index (χ1) is 9.70. The van der Waals surface area contributed by atoms with Crippen LogP contribution in [0.5, 0.6) is 5.75 Å². The highest BCUT2D eigenvalue weighted by molar-refractivity contribution is 6.30. The quantitative estimate of drug-likeness (QED) is 0.921. The van der Waals surface area contributed by atoms with Crippen molar-refractivity contribution in [3.8, 4) is 17.2 Å². The van der Waals surface area contributed by atoms with Gasteiger partial charge in [-0.15, -0.1) is 0 Å². The Morgan fingerprint density at radius 2 is 2.20 bits per heavy atom. The van der Waals surface area contributed by atoms with Crippen molar-refractivity contribution in [3.63, 3.8) is 0 Å². The number of rotatable bonds is 2.